The molecule has 2 aromatic heterocycles. The SMILES string of the molecule is CCc1occc1C(NN)c1c(Br)cnn1CCOC. The van der Waals surface area contributed by atoms with Gasteiger partial charge in [0.05, 0.1) is 41.8 Å². The van der Waals surface area contributed by atoms with E-state index in [-0.39, 0.29) is 6.04 Å². The third-order valence-electron chi connectivity index (χ3n) is 3.19. The normalized spacial score (nSPS) is 12.8. The lowest BCUT2D eigenvalue weighted by Gasteiger charge is -2.18. The van der Waals surface area contributed by atoms with E-state index in [1.165, 1.54) is 0 Å². The minimum Gasteiger partial charge on any atom is -0.469 e. The van der Waals surface area contributed by atoms with E-state index in [1.807, 2.05) is 17.7 Å². The predicted octanol–water partition coefficient (Wildman–Crippen LogP) is 2.00. The van der Waals surface area contributed by atoms with Gasteiger partial charge in [0, 0.05) is 19.1 Å². The number of halogens is 1. The molecule has 0 aliphatic rings. The van der Waals surface area contributed by atoms with Crippen LogP contribution in [0.1, 0.15) is 30.0 Å². The van der Waals surface area contributed by atoms with Crippen molar-refractivity contribution in [2.75, 3.05) is 13.7 Å². The molecule has 3 N–H and O–H groups in total. The molecule has 7 heteroatoms. The molecule has 0 aliphatic heterocycles. The van der Waals surface area contributed by atoms with Gasteiger partial charge >= 0.3 is 0 Å². The molecule has 2 heterocycles. The summed E-state index contributed by atoms with van der Waals surface area (Å²) in [4.78, 5) is 0. The number of nitrogens with two attached hydrogens (primary N) is 1. The fourth-order valence-corrected chi connectivity index (χ4v) is 2.75. The summed E-state index contributed by atoms with van der Waals surface area (Å²) in [5.74, 6) is 6.68. The van der Waals surface area contributed by atoms with Crippen molar-refractivity contribution >= 4 is 15.9 Å². The summed E-state index contributed by atoms with van der Waals surface area (Å²) in [5.41, 5.74) is 4.83. The van der Waals surface area contributed by atoms with E-state index in [1.54, 1.807) is 19.6 Å². The van der Waals surface area contributed by atoms with Crippen LogP contribution in [0.4, 0.5) is 0 Å². The maximum atomic E-state index is 5.76. The van der Waals surface area contributed by atoms with Crippen LogP contribution in [0.5, 0.6) is 0 Å². The summed E-state index contributed by atoms with van der Waals surface area (Å²) < 4.78 is 13.4. The predicted molar refractivity (Wildman–Crippen MR) is 79.1 cm³/mol. The van der Waals surface area contributed by atoms with Gasteiger partial charge in [-0.15, -0.1) is 0 Å². The second kappa shape index (κ2) is 7.03. The Balaban J connectivity index is 2.39. The van der Waals surface area contributed by atoms with Crippen LogP contribution in [-0.2, 0) is 17.7 Å². The van der Waals surface area contributed by atoms with Crippen molar-refractivity contribution in [2.45, 2.75) is 25.9 Å². The zero-order valence-corrected chi connectivity index (χ0v) is 13.2. The molecule has 0 saturated carbocycles. The smallest absolute Gasteiger partial charge is 0.108 e. The van der Waals surface area contributed by atoms with Crippen LogP contribution in [0, 0.1) is 0 Å². The monoisotopic (exact) mass is 342 g/mol. The van der Waals surface area contributed by atoms with Crippen molar-refractivity contribution in [3.05, 3.63) is 40.0 Å². The molecule has 0 bridgehead atoms. The molecule has 1 atom stereocenters. The van der Waals surface area contributed by atoms with Crippen LogP contribution in [0.2, 0.25) is 0 Å². The fraction of sp³-hybridized carbons (Fsp3) is 0.462. The van der Waals surface area contributed by atoms with Crippen LogP contribution in [0.3, 0.4) is 0 Å². The Hall–Kier alpha value is -1.15. The molecular weight excluding hydrogens is 324 g/mol. The van der Waals surface area contributed by atoms with Gasteiger partial charge in [0.1, 0.15) is 5.76 Å². The maximum Gasteiger partial charge on any atom is 0.108 e. The van der Waals surface area contributed by atoms with Crippen molar-refractivity contribution in [1.29, 1.82) is 0 Å². The van der Waals surface area contributed by atoms with E-state index in [0.29, 0.717) is 13.2 Å². The van der Waals surface area contributed by atoms with E-state index >= 15 is 0 Å². The lowest BCUT2D eigenvalue weighted by molar-refractivity contribution is 0.182. The molecule has 110 valence electrons. The van der Waals surface area contributed by atoms with Gasteiger partial charge in [0.2, 0.25) is 0 Å². The van der Waals surface area contributed by atoms with E-state index in [2.05, 4.69) is 26.5 Å². The van der Waals surface area contributed by atoms with Gasteiger partial charge in [0.25, 0.3) is 0 Å². The Labute approximate surface area is 126 Å². The number of aromatic nitrogens is 2. The number of rotatable bonds is 7. The largest absolute Gasteiger partial charge is 0.469 e. The molecule has 0 aliphatic carbocycles. The van der Waals surface area contributed by atoms with Gasteiger partial charge in [-0.3, -0.25) is 10.5 Å². The summed E-state index contributed by atoms with van der Waals surface area (Å²) in [5, 5.41) is 4.35. The molecule has 0 saturated heterocycles. The molecule has 1 unspecified atom stereocenters. The van der Waals surface area contributed by atoms with E-state index in [4.69, 9.17) is 15.0 Å². The lowest BCUT2D eigenvalue weighted by Crippen LogP contribution is -2.31. The number of hydrogen-bond donors (Lipinski definition) is 2. The molecule has 0 fully saturated rings. The molecule has 0 amide bonds. The number of ether oxygens (including phenoxy) is 1. The number of nitrogens with one attached hydrogen (secondary N) is 1. The molecule has 2 aromatic rings. The lowest BCUT2D eigenvalue weighted by atomic mass is 10.0. The van der Waals surface area contributed by atoms with Gasteiger partial charge < -0.3 is 9.15 Å². The first-order valence-corrected chi connectivity index (χ1v) is 7.24. The Morgan fingerprint density at radius 2 is 2.40 bits per heavy atom. The fourth-order valence-electron chi connectivity index (χ4n) is 2.23. The number of aryl methyl sites for hydroxylation is 1. The highest BCUT2D eigenvalue weighted by Crippen LogP contribution is 2.30. The molecule has 20 heavy (non-hydrogen) atoms. The van der Waals surface area contributed by atoms with Crippen molar-refractivity contribution in [3.8, 4) is 0 Å². The van der Waals surface area contributed by atoms with Crippen molar-refractivity contribution < 1.29 is 9.15 Å². The van der Waals surface area contributed by atoms with E-state index in [0.717, 1.165) is 27.9 Å². The van der Waals surface area contributed by atoms with Gasteiger partial charge in [-0.25, -0.2) is 5.43 Å². The Kier molecular flexibility index (Phi) is 5.36. The van der Waals surface area contributed by atoms with Crippen LogP contribution in [0.25, 0.3) is 0 Å². The quantitative estimate of drug-likeness (QED) is 0.594. The highest BCUT2D eigenvalue weighted by molar-refractivity contribution is 9.10. The van der Waals surface area contributed by atoms with Crippen LogP contribution >= 0.6 is 15.9 Å². The second-order valence-electron chi connectivity index (χ2n) is 4.35. The average Bonchev–Trinajstić information content (AvgIpc) is 3.06. The van der Waals surface area contributed by atoms with Gasteiger partial charge in [-0.2, -0.15) is 5.10 Å². The Bertz CT molecular complexity index is 552. The number of hydrogen-bond acceptors (Lipinski definition) is 5. The van der Waals surface area contributed by atoms with E-state index < -0.39 is 0 Å². The minimum atomic E-state index is -0.183. The summed E-state index contributed by atoms with van der Waals surface area (Å²) in [7, 11) is 1.67. The summed E-state index contributed by atoms with van der Waals surface area (Å²) >= 11 is 3.53. The van der Waals surface area contributed by atoms with Gasteiger partial charge in [-0.1, -0.05) is 6.92 Å². The second-order valence-corrected chi connectivity index (χ2v) is 5.20. The standard InChI is InChI=1S/C13H19BrN4O2/c1-3-11-9(4-6-20-11)12(17-15)13-10(14)8-16-18(13)5-7-19-2/h4,6,8,12,17H,3,5,7,15H2,1-2H3. The van der Waals surface area contributed by atoms with Crippen LogP contribution in [0.15, 0.2) is 27.4 Å². The van der Waals surface area contributed by atoms with E-state index in [9.17, 15) is 0 Å². The van der Waals surface area contributed by atoms with Gasteiger partial charge in [-0.05, 0) is 22.0 Å². The number of furan rings is 1. The molecular formula is C13H19BrN4O2. The van der Waals surface area contributed by atoms with Crippen molar-refractivity contribution in [3.63, 3.8) is 0 Å². The Morgan fingerprint density at radius 3 is 3.05 bits per heavy atom. The molecule has 0 spiro atoms. The molecule has 2 rings (SSSR count). The average molecular weight is 343 g/mol. The number of nitrogens with zero attached hydrogens (tertiary/aromatic N) is 2. The first kappa shape index (κ1) is 15.2. The first-order chi connectivity index (χ1) is 9.72. The van der Waals surface area contributed by atoms with Gasteiger partial charge in [0.15, 0.2) is 0 Å². The van der Waals surface area contributed by atoms with Crippen LogP contribution in [-0.4, -0.2) is 23.5 Å². The highest BCUT2D eigenvalue weighted by atomic mass is 79.9. The zero-order chi connectivity index (χ0) is 14.5. The molecule has 6 nitrogen and oxygen atoms in total. The van der Waals surface area contributed by atoms with Crippen molar-refractivity contribution in [1.82, 2.24) is 15.2 Å². The van der Waals surface area contributed by atoms with Crippen molar-refractivity contribution in [2.24, 2.45) is 5.84 Å². The summed E-state index contributed by atoms with van der Waals surface area (Å²) in [6, 6.07) is 1.75. The van der Waals surface area contributed by atoms with Crippen LogP contribution < -0.4 is 11.3 Å². The maximum absolute atomic E-state index is 5.76. The first-order valence-electron chi connectivity index (χ1n) is 6.45. The number of methoxy groups -OCH3 is 1. The topological polar surface area (TPSA) is 78.2 Å². The third-order valence-corrected chi connectivity index (χ3v) is 3.80. The number of hydrazine groups is 1. The molecule has 0 aromatic carbocycles. The summed E-state index contributed by atoms with van der Waals surface area (Å²) in [6.07, 6.45) is 4.26. The molecule has 0 radical (unpaired) electrons. The Morgan fingerprint density at radius 1 is 1.60 bits per heavy atom. The zero-order valence-electron chi connectivity index (χ0n) is 11.6. The minimum absolute atomic E-state index is 0.183. The highest BCUT2D eigenvalue weighted by Gasteiger charge is 2.24. The third kappa shape index (κ3) is 2.95. The summed E-state index contributed by atoms with van der Waals surface area (Å²) in [6.45, 7) is 3.30.